The number of aromatic nitrogens is 1. The lowest BCUT2D eigenvalue weighted by molar-refractivity contribution is -0.113. The monoisotopic (exact) mass is 242 g/mol. The molecule has 3 nitrogen and oxygen atoms in total. The zero-order valence-electron chi connectivity index (χ0n) is 10.6. The molecule has 0 atom stereocenters. The van der Waals surface area contributed by atoms with Crippen LogP contribution >= 0.6 is 0 Å². The summed E-state index contributed by atoms with van der Waals surface area (Å²) in [6, 6.07) is 8.21. The Morgan fingerprint density at radius 1 is 1.39 bits per heavy atom. The normalized spacial score (nSPS) is 11.4. The third kappa shape index (κ3) is 2.62. The molecule has 0 saturated heterocycles. The van der Waals surface area contributed by atoms with E-state index < -0.39 is 5.91 Å². The summed E-state index contributed by atoms with van der Waals surface area (Å²) in [5.74, 6) is -0.416. The molecular formula is C15H18N2O. The number of benzene rings is 1. The van der Waals surface area contributed by atoms with Crippen LogP contribution < -0.4 is 5.73 Å². The van der Waals surface area contributed by atoms with E-state index in [9.17, 15) is 4.79 Å². The van der Waals surface area contributed by atoms with E-state index in [-0.39, 0.29) is 0 Å². The maximum absolute atomic E-state index is 10.8. The first-order valence-corrected chi connectivity index (χ1v) is 6.27. The molecule has 2 aromatic rings. The number of fused-ring (bicyclic) bond motifs is 1. The fraction of sp³-hybridized carbons (Fsp3) is 0.267. The lowest BCUT2D eigenvalue weighted by atomic mass is 10.1. The average Bonchev–Trinajstić information content (AvgIpc) is 2.72. The number of unbranched alkanes of at least 4 members (excludes halogenated alkanes) is 1. The average molecular weight is 242 g/mol. The predicted octanol–water partition coefficient (Wildman–Crippen LogP) is 2.94. The van der Waals surface area contributed by atoms with E-state index in [1.54, 1.807) is 6.08 Å². The molecule has 0 spiro atoms. The van der Waals surface area contributed by atoms with Crippen molar-refractivity contribution in [3.63, 3.8) is 0 Å². The van der Waals surface area contributed by atoms with Crippen LogP contribution in [-0.2, 0) is 11.3 Å². The maximum Gasteiger partial charge on any atom is 0.241 e. The summed E-state index contributed by atoms with van der Waals surface area (Å²) >= 11 is 0. The molecule has 94 valence electrons. The van der Waals surface area contributed by atoms with Gasteiger partial charge in [-0.25, -0.2) is 0 Å². The molecule has 2 N–H and O–H groups in total. The highest BCUT2D eigenvalue weighted by Gasteiger charge is 2.05. The van der Waals surface area contributed by atoms with Gasteiger partial charge >= 0.3 is 0 Å². The standard InChI is InChI=1S/C15H18N2O/c1-2-3-10-17-11-12(8-9-15(16)18)13-6-4-5-7-14(13)17/h4-9,11H,2-3,10H2,1H3,(H2,16,18)/b9-8-. The second-order valence-corrected chi connectivity index (χ2v) is 4.38. The van der Waals surface area contributed by atoms with E-state index in [0.29, 0.717) is 0 Å². The molecule has 0 aliphatic rings. The van der Waals surface area contributed by atoms with E-state index in [2.05, 4.69) is 29.8 Å². The largest absolute Gasteiger partial charge is 0.366 e. The maximum atomic E-state index is 10.8. The first-order valence-electron chi connectivity index (χ1n) is 6.27. The zero-order chi connectivity index (χ0) is 13.0. The second-order valence-electron chi connectivity index (χ2n) is 4.38. The molecular weight excluding hydrogens is 224 g/mol. The Labute approximate surface area is 107 Å². The first kappa shape index (κ1) is 12.4. The van der Waals surface area contributed by atoms with Crippen LogP contribution in [-0.4, -0.2) is 10.5 Å². The van der Waals surface area contributed by atoms with E-state index in [0.717, 1.165) is 23.9 Å². The van der Waals surface area contributed by atoms with Gasteiger partial charge in [0.1, 0.15) is 0 Å². The predicted molar refractivity (Wildman–Crippen MR) is 75.1 cm³/mol. The van der Waals surface area contributed by atoms with Gasteiger partial charge in [-0.1, -0.05) is 31.5 Å². The van der Waals surface area contributed by atoms with Crippen molar-refractivity contribution in [2.45, 2.75) is 26.3 Å². The van der Waals surface area contributed by atoms with Gasteiger partial charge in [0.2, 0.25) is 5.91 Å². The van der Waals surface area contributed by atoms with Crippen LogP contribution in [0.3, 0.4) is 0 Å². The number of nitrogens with two attached hydrogens (primary N) is 1. The highest BCUT2D eigenvalue weighted by atomic mass is 16.1. The van der Waals surface area contributed by atoms with Crippen molar-refractivity contribution in [1.82, 2.24) is 4.57 Å². The minimum Gasteiger partial charge on any atom is -0.366 e. The second kappa shape index (κ2) is 5.54. The van der Waals surface area contributed by atoms with Crippen molar-refractivity contribution >= 4 is 22.9 Å². The molecule has 0 aliphatic carbocycles. The third-order valence-corrected chi connectivity index (χ3v) is 3.00. The molecule has 2 rings (SSSR count). The summed E-state index contributed by atoms with van der Waals surface area (Å²) < 4.78 is 2.24. The molecule has 0 bridgehead atoms. The van der Waals surface area contributed by atoms with Gasteiger partial charge in [0, 0.05) is 35.3 Å². The molecule has 1 heterocycles. The number of carbonyl (C=O) groups is 1. The summed E-state index contributed by atoms with van der Waals surface area (Å²) in [7, 11) is 0. The van der Waals surface area contributed by atoms with Gasteiger partial charge in [-0.15, -0.1) is 0 Å². The number of aryl methyl sites for hydroxylation is 1. The molecule has 0 aliphatic heterocycles. The summed E-state index contributed by atoms with van der Waals surface area (Å²) in [4.78, 5) is 10.8. The lowest BCUT2D eigenvalue weighted by Crippen LogP contribution is -2.04. The Morgan fingerprint density at radius 2 is 2.17 bits per heavy atom. The van der Waals surface area contributed by atoms with Crippen molar-refractivity contribution in [3.05, 3.63) is 42.1 Å². The van der Waals surface area contributed by atoms with Gasteiger partial charge < -0.3 is 10.3 Å². The van der Waals surface area contributed by atoms with Crippen LogP contribution in [0.4, 0.5) is 0 Å². The summed E-state index contributed by atoms with van der Waals surface area (Å²) in [6.45, 7) is 3.18. The fourth-order valence-corrected chi connectivity index (χ4v) is 2.09. The molecule has 0 unspecified atom stereocenters. The summed E-state index contributed by atoms with van der Waals surface area (Å²) in [6.07, 6.45) is 7.59. The SMILES string of the molecule is CCCCn1cc(/C=C\C(N)=O)c2ccccc21. The van der Waals surface area contributed by atoms with Gasteiger partial charge in [0.15, 0.2) is 0 Å². The number of nitrogens with zero attached hydrogens (tertiary/aromatic N) is 1. The minimum atomic E-state index is -0.416. The van der Waals surface area contributed by atoms with Crippen LogP contribution in [0.15, 0.2) is 36.5 Å². The quantitative estimate of drug-likeness (QED) is 0.805. The molecule has 3 heteroatoms. The zero-order valence-corrected chi connectivity index (χ0v) is 10.6. The number of primary amides is 1. The number of para-hydroxylation sites is 1. The van der Waals surface area contributed by atoms with Gasteiger partial charge in [0.25, 0.3) is 0 Å². The Balaban J connectivity index is 2.43. The summed E-state index contributed by atoms with van der Waals surface area (Å²) in [5.41, 5.74) is 7.38. The van der Waals surface area contributed by atoms with Crippen molar-refractivity contribution in [2.24, 2.45) is 5.73 Å². The Morgan fingerprint density at radius 3 is 2.89 bits per heavy atom. The third-order valence-electron chi connectivity index (χ3n) is 3.00. The van der Waals surface area contributed by atoms with Gasteiger partial charge in [-0.2, -0.15) is 0 Å². The van der Waals surface area contributed by atoms with Gasteiger partial charge in [-0.05, 0) is 18.6 Å². The highest BCUT2D eigenvalue weighted by molar-refractivity contribution is 5.95. The summed E-state index contributed by atoms with van der Waals surface area (Å²) in [5, 5.41) is 1.16. The van der Waals surface area contributed by atoms with Crippen LogP contribution in [0, 0.1) is 0 Å². The Bertz CT molecular complexity index is 581. The number of amides is 1. The van der Waals surface area contributed by atoms with Crippen LogP contribution in [0.2, 0.25) is 0 Å². The lowest BCUT2D eigenvalue weighted by Gasteiger charge is -2.02. The molecule has 18 heavy (non-hydrogen) atoms. The molecule has 0 fully saturated rings. The van der Waals surface area contributed by atoms with Crippen LogP contribution in [0.5, 0.6) is 0 Å². The molecule has 0 saturated carbocycles. The number of carbonyl (C=O) groups excluding carboxylic acids is 1. The van der Waals surface area contributed by atoms with E-state index in [1.807, 2.05) is 12.1 Å². The van der Waals surface area contributed by atoms with E-state index in [1.165, 1.54) is 18.0 Å². The number of hydrogen-bond acceptors (Lipinski definition) is 1. The molecule has 1 amide bonds. The van der Waals surface area contributed by atoms with Crippen molar-refractivity contribution in [3.8, 4) is 0 Å². The van der Waals surface area contributed by atoms with Crippen LogP contribution in [0.25, 0.3) is 17.0 Å². The van der Waals surface area contributed by atoms with Crippen molar-refractivity contribution < 1.29 is 4.79 Å². The van der Waals surface area contributed by atoms with Crippen molar-refractivity contribution in [1.29, 1.82) is 0 Å². The van der Waals surface area contributed by atoms with Crippen LogP contribution in [0.1, 0.15) is 25.3 Å². The minimum absolute atomic E-state index is 0.416. The van der Waals surface area contributed by atoms with Gasteiger partial charge in [-0.3, -0.25) is 4.79 Å². The topological polar surface area (TPSA) is 48.0 Å². The Hall–Kier alpha value is -2.03. The fourth-order valence-electron chi connectivity index (χ4n) is 2.09. The number of rotatable bonds is 5. The van der Waals surface area contributed by atoms with Crippen molar-refractivity contribution in [2.75, 3.05) is 0 Å². The van der Waals surface area contributed by atoms with E-state index >= 15 is 0 Å². The molecule has 1 aromatic carbocycles. The molecule has 0 radical (unpaired) electrons. The highest BCUT2D eigenvalue weighted by Crippen LogP contribution is 2.22. The molecule has 1 aromatic heterocycles. The smallest absolute Gasteiger partial charge is 0.241 e. The number of hydrogen-bond donors (Lipinski definition) is 1. The van der Waals surface area contributed by atoms with Gasteiger partial charge in [0.05, 0.1) is 0 Å². The van der Waals surface area contributed by atoms with E-state index in [4.69, 9.17) is 5.73 Å². The Kier molecular flexibility index (Phi) is 3.82. The first-order chi connectivity index (χ1) is 8.72.